The summed E-state index contributed by atoms with van der Waals surface area (Å²) in [5.74, 6) is -0.610. The maximum Gasteiger partial charge on any atom is 0.128 e. The van der Waals surface area contributed by atoms with Crippen molar-refractivity contribution in [3.8, 4) is 0 Å². The Balaban J connectivity index is 2.13. The van der Waals surface area contributed by atoms with Crippen molar-refractivity contribution in [2.75, 3.05) is 11.1 Å². The Morgan fingerprint density at radius 1 is 1.17 bits per heavy atom. The van der Waals surface area contributed by atoms with Crippen LogP contribution >= 0.6 is 0 Å². The largest absolute Gasteiger partial charge is 0.397 e. The highest BCUT2D eigenvalue weighted by Crippen LogP contribution is 2.23. The Hall–Kier alpha value is -2.10. The van der Waals surface area contributed by atoms with Crippen LogP contribution in [0.15, 0.2) is 36.4 Å². The molecule has 0 atom stereocenters. The number of anilines is 2. The SMILES string of the molecule is Cc1cc(NCc2cccc(F)c2)c(N)cc1F. The number of benzene rings is 2. The first-order valence-corrected chi connectivity index (χ1v) is 5.60. The van der Waals surface area contributed by atoms with Gasteiger partial charge in [0.15, 0.2) is 0 Å². The number of nitrogens with one attached hydrogen (secondary N) is 1. The summed E-state index contributed by atoms with van der Waals surface area (Å²) in [5.41, 5.74) is 8.02. The van der Waals surface area contributed by atoms with E-state index in [4.69, 9.17) is 5.73 Å². The van der Waals surface area contributed by atoms with Crippen molar-refractivity contribution in [1.29, 1.82) is 0 Å². The lowest BCUT2D eigenvalue weighted by molar-refractivity contribution is 0.619. The number of hydrogen-bond acceptors (Lipinski definition) is 2. The molecule has 0 saturated carbocycles. The minimum atomic E-state index is -0.330. The normalized spacial score (nSPS) is 10.4. The molecular weight excluding hydrogens is 234 g/mol. The maximum atomic E-state index is 13.2. The van der Waals surface area contributed by atoms with E-state index in [1.807, 2.05) is 6.07 Å². The van der Waals surface area contributed by atoms with E-state index in [0.29, 0.717) is 23.5 Å². The predicted octanol–water partition coefficient (Wildman–Crippen LogP) is 3.47. The maximum absolute atomic E-state index is 13.2. The molecule has 0 fully saturated rings. The Bertz CT molecular complexity index is 568. The van der Waals surface area contributed by atoms with Gasteiger partial charge < -0.3 is 11.1 Å². The van der Waals surface area contributed by atoms with Gasteiger partial charge in [0.2, 0.25) is 0 Å². The summed E-state index contributed by atoms with van der Waals surface area (Å²) in [7, 11) is 0. The zero-order chi connectivity index (χ0) is 13.1. The lowest BCUT2D eigenvalue weighted by atomic mass is 10.1. The summed E-state index contributed by atoms with van der Waals surface area (Å²) < 4.78 is 26.2. The second-order valence-electron chi connectivity index (χ2n) is 4.17. The lowest BCUT2D eigenvalue weighted by Crippen LogP contribution is -2.04. The number of nitrogens with two attached hydrogens (primary N) is 1. The highest BCUT2D eigenvalue weighted by atomic mass is 19.1. The third-order valence-electron chi connectivity index (χ3n) is 2.70. The van der Waals surface area contributed by atoms with Crippen LogP contribution in [0.1, 0.15) is 11.1 Å². The third kappa shape index (κ3) is 2.77. The van der Waals surface area contributed by atoms with Gasteiger partial charge in [-0.2, -0.15) is 0 Å². The van der Waals surface area contributed by atoms with E-state index in [1.165, 1.54) is 18.2 Å². The van der Waals surface area contributed by atoms with Crippen LogP contribution in [0.5, 0.6) is 0 Å². The van der Waals surface area contributed by atoms with E-state index in [9.17, 15) is 8.78 Å². The van der Waals surface area contributed by atoms with Crippen LogP contribution < -0.4 is 11.1 Å². The molecule has 2 rings (SSSR count). The van der Waals surface area contributed by atoms with Crippen LogP contribution in [-0.2, 0) is 6.54 Å². The molecule has 2 aromatic carbocycles. The minimum absolute atomic E-state index is 0.280. The molecule has 0 aliphatic heterocycles. The van der Waals surface area contributed by atoms with Crippen LogP contribution in [0.3, 0.4) is 0 Å². The Kier molecular flexibility index (Phi) is 3.46. The van der Waals surface area contributed by atoms with E-state index < -0.39 is 0 Å². The third-order valence-corrected chi connectivity index (χ3v) is 2.70. The van der Waals surface area contributed by atoms with E-state index in [2.05, 4.69) is 5.32 Å². The van der Waals surface area contributed by atoms with Crippen LogP contribution in [0, 0.1) is 18.6 Å². The molecule has 0 amide bonds. The fourth-order valence-electron chi connectivity index (χ4n) is 1.69. The predicted molar refractivity (Wildman–Crippen MR) is 69.3 cm³/mol. The Morgan fingerprint density at radius 3 is 2.67 bits per heavy atom. The zero-order valence-corrected chi connectivity index (χ0v) is 10.0. The Labute approximate surface area is 104 Å². The zero-order valence-electron chi connectivity index (χ0n) is 10.0. The fourth-order valence-corrected chi connectivity index (χ4v) is 1.69. The molecule has 0 heterocycles. The molecule has 0 spiro atoms. The number of halogens is 2. The molecular formula is C14H14F2N2. The summed E-state index contributed by atoms with van der Waals surface area (Å²) in [6.07, 6.45) is 0. The Morgan fingerprint density at radius 2 is 1.94 bits per heavy atom. The molecule has 0 aromatic heterocycles. The van der Waals surface area contributed by atoms with E-state index in [1.54, 1.807) is 19.1 Å². The van der Waals surface area contributed by atoms with Crippen LogP contribution in [0.25, 0.3) is 0 Å². The van der Waals surface area contributed by atoms with Crippen molar-refractivity contribution in [1.82, 2.24) is 0 Å². The van der Waals surface area contributed by atoms with Crippen LogP contribution in [0.2, 0.25) is 0 Å². The molecule has 0 aliphatic carbocycles. The van der Waals surface area contributed by atoms with E-state index >= 15 is 0 Å². The minimum Gasteiger partial charge on any atom is -0.397 e. The second-order valence-corrected chi connectivity index (χ2v) is 4.17. The van der Waals surface area contributed by atoms with Crippen molar-refractivity contribution in [2.45, 2.75) is 13.5 Å². The standard InChI is InChI=1S/C14H14F2N2/c1-9-5-14(13(17)7-12(9)16)18-8-10-3-2-4-11(15)6-10/h2-7,18H,8,17H2,1H3. The molecule has 4 heteroatoms. The van der Waals surface area contributed by atoms with Crippen molar-refractivity contribution in [3.05, 3.63) is 59.2 Å². The number of hydrogen-bond donors (Lipinski definition) is 2. The summed E-state index contributed by atoms with van der Waals surface area (Å²) in [6.45, 7) is 2.11. The topological polar surface area (TPSA) is 38.0 Å². The first-order chi connectivity index (χ1) is 8.56. The van der Waals surface area contributed by atoms with Crippen LogP contribution in [-0.4, -0.2) is 0 Å². The first kappa shape index (κ1) is 12.4. The van der Waals surface area contributed by atoms with Gasteiger partial charge in [-0.3, -0.25) is 0 Å². The van der Waals surface area contributed by atoms with Gasteiger partial charge in [-0.25, -0.2) is 8.78 Å². The highest BCUT2D eigenvalue weighted by molar-refractivity contribution is 5.67. The molecule has 94 valence electrons. The van der Waals surface area contributed by atoms with Gasteiger partial charge in [0.1, 0.15) is 11.6 Å². The molecule has 0 radical (unpaired) electrons. The summed E-state index contributed by atoms with van der Waals surface area (Å²) >= 11 is 0. The number of rotatable bonds is 3. The number of aryl methyl sites for hydroxylation is 1. The molecule has 0 bridgehead atoms. The van der Waals surface area contributed by atoms with Gasteiger partial charge >= 0.3 is 0 Å². The van der Waals surface area contributed by atoms with Crippen molar-refractivity contribution >= 4 is 11.4 Å². The van der Waals surface area contributed by atoms with Gasteiger partial charge in [0.05, 0.1) is 11.4 Å². The highest BCUT2D eigenvalue weighted by Gasteiger charge is 2.04. The smallest absolute Gasteiger partial charge is 0.128 e. The quantitative estimate of drug-likeness (QED) is 0.816. The van der Waals surface area contributed by atoms with Gasteiger partial charge in [0, 0.05) is 6.54 Å². The molecule has 18 heavy (non-hydrogen) atoms. The first-order valence-electron chi connectivity index (χ1n) is 5.60. The van der Waals surface area contributed by atoms with E-state index in [0.717, 1.165) is 5.56 Å². The van der Waals surface area contributed by atoms with Crippen molar-refractivity contribution < 1.29 is 8.78 Å². The molecule has 3 N–H and O–H groups in total. The van der Waals surface area contributed by atoms with Gasteiger partial charge in [0.25, 0.3) is 0 Å². The molecule has 2 aromatic rings. The van der Waals surface area contributed by atoms with Crippen LogP contribution in [0.4, 0.5) is 20.2 Å². The number of nitrogen functional groups attached to an aromatic ring is 1. The molecule has 0 unspecified atom stereocenters. The monoisotopic (exact) mass is 248 g/mol. The molecule has 0 saturated heterocycles. The van der Waals surface area contributed by atoms with Crippen molar-refractivity contribution in [3.63, 3.8) is 0 Å². The second kappa shape index (κ2) is 5.04. The molecule has 0 aliphatic rings. The van der Waals surface area contributed by atoms with Gasteiger partial charge in [-0.15, -0.1) is 0 Å². The fraction of sp³-hybridized carbons (Fsp3) is 0.143. The summed E-state index contributed by atoms with van der Waals surface area (Å²) in [4.78, 5) is 0. The van der Waals surface area contributed by atoms with Crippen molar-refractivity contribution in [2.24, 2.45) is 0 Å². The van der Waals surface area contributed by atoms with E-state index in [-0.39, 0.29) is 11.6 Å². The van der Waals surface area contributed by atoms with Gasteiger partial charge in [-0.05, 0) is 42.3 Å². The summed E-state index contributed by atoms with van der Waals surface area (Å²) in [5, 5.41) is 3.07. The lowest BCUT2D eigenvalue weighted by Gasteiger charge is -2.11. The average molecular weight is 248 g/mol. The molecule has 2 nitrogen and oxygen atoms in total. The summed E-state index contributed by atoms with van der Waals surface area (Å²) in [6, 6.07) is 9.21. The van der Waals surface area contributed by atoms with Gasteiger partial charge in [-0.1, -0.05) is 12.1 Å². The average Bonchev–Trinajstić information content (AvgIpc) is 2.32.